The molecular formula is C17H23BrN2O4S. The first-order chi connectivity index (χ1) is 12.0. The molecule has 2 heterocycles. The number of carbonyl (C=O) groups excluding carboxylic acids is 1. The van der Waals surface area contributed by atoms with Crippen LogP contribution in [0.15, 0.2) is 33.6 Å². The molecule has 25 heavy (non-hydrogen) atoms. The Labute approximate surface area is 157 Å². The second-order valence-corrected chi connectivity index (χ2v) is 9.43. The molecule has 0 saturated carbocycles. The summed E-state index contributed by atoms with van der Waals surface area (Å²) in [5.74, 6) is -0.368. The van der Waals surface area contributed by atoms with Gasteiger partial charge in [-0.2, -0.15) is 4.31 Å². The quantitative estimate of drug-likeness (QED) is 0.793. The zero-order valence-corrected chi connectivity index (χ0v) is 16.4. The van der Waals surface area contributed by atoms with Crippen LogP contribution in [0.2, 0.25) is 0 Å². The SMILES string of the molecule is O=C(NC1CCCOC1)C1CCCN(S(=O)(=O)c2ccc(Br)cc2)C1. The predicted octanol–water partition coefficient (Wildman–Crippen LogP) is 2.14. The van der Waals surface area contributed by atoms with E-state index < -0.39 is 10.0 Å². The molecule has 0 radical (unpaired) electrons. The van der Waals surface area contributed by atoms with Crippen LogP contribution in [0.3, 0.4) is 0 Å². The van der Waals surface area contributed by atoms with Crippen LogP contribution in [0.4, 0.5) is 0 Å². The summed E-state index contributed by atoms with van der Waals surface area (Å²) in [5.41, 5.74) is 0. The van der Waals surface area contributed by atoms with Crippen LogP contribution in [0.5, 0.6) is 0 Å². The van der Waals surface area contributed by atoms with Crippen LogP contribution in [0, 0.1) is 5.92 Å². The molecule has 2 aliphatic rings. The molecule has 2 unspecified atom stereocenters. The number of amides is 1. The van der Waals surface area contributed by atoms with Crippen molar-refractivity contribution in [2.45, 2.75) is 36.6 Å². The largest absolute Gasteiger partial charge is 0.379 e. The molecule has 3 rings (SSSR count). The first-order valence-corrected chi connectivity index (χ1v) is 10.8. The van der Waals surface area contributed by atoms with Gasteiger partial charge < -0.3 is 10.1 Å². The van der Waals surface area contributed by atoms with E-state index in [-0.39, 0.29) is 29.3 Å². The zero-order chi connectivity index (χ0) is 17.9. The number of sulfonamides is 1. The minimum Gasteiger partial charge on any atom is -0.379 e. The Kier molecular flexibility index (Phi) is 6.14. The third-order valence-electron chi connectivity index (χ3n) is 4.71. The number of benzene rings is 1. The third kappa shape index (κ3) is 4.61. The number of nitrogens with zero attached hydrogens (tertiary/aromatic N) is 1. The van der Waals surface area contributed by atoms with Crippen molar-refractivity contribution in [3.05, 3.63) is 28.7 Å². The molecule has 1 amide bonds. The van der Waals surface area contributed by atoms with E-state index in [2.05, 4.69) is 21.2 Å². The maximum atomic E-state index is 12.8. The molecule has 1 N–H and O–H groups in total. The van der Waals surface area contributed by atoms with Gasteiger partial charge >= 0.3 is 0 Å². The van der Waals surface area contributed by atoms with Crippen LogP contribution in [-0.4, -0.2) is 51.0 Å². The molecule has 8 heteroatoms. The number of halogens is 1. The number of nitrogens with one attached hydrogen (secondary N) is 1. The van der Waals surface area contributed by atoms with Crippen molar-refractivity contribution >= 4 is 31.9 Å². The molecule has 0 bridgehead atoms. The van der Waals surface area contributed by atoms with E-state index in [4.69, 9.17) is 4.74 Å². The van der Waals surface area contributed by atoms with E-state index in [1.165, 1.54) is 4.31 Å². The van der Waals surface area contributed by atoms with E-state index in [0.717, 1.165) is 23.9 Å². The fourth-order valence-electron chi connectivity index (χ4n) is 3.30. The summed E-state index contributed by atoms with van der Waals surface area (Å²) in [6, 6.07) is 6.64. The number of hydrogen-bond donors (Lipinski definition) is 1. The highest BCUT2D eigenvalue weighted by molar-refractivity contribution is 9.10. The van der Waals surface area contributed by atoms with Crippen LogP contribution >= 0.6 is 15.9 Å². The Bertz CT molecular complexity index is 702. The van der Waals surface area contributed by atoms with Crippen LogP contribution < -0.4 is 5.32 Å². The molecule has 2 fully saturated rings. The van der Waals surface area contributed by atoms with Gasteiger partial charge in [0.05, 0.1) is 23.5 Å². The van der Waals surface area contributed by atoms with Gasteiger partial charge in [0.2, 0.25) is 15.9 Å². The summed E-state index contributed by atoms with van der Waals surface area (Å²) in [6.07, 6.45) is 3.26. The van der Waals surface area contributed by atoms with E-state index in [0.29, 0.717) is 26.0 Å². The molecule has 0 aromatic heterocycles. The third-order valence-corrected chi connectivity index (χ3v) is 7.12. The molecule has 2 aliphatic heterocycles. The van der Waals surface area contributed by atoms with E-state index in [1.807, 2.05) is 0 Å². The van der Waals surface area contributed by atoms with Gasteiger partial charge in [-0.1, -0.05) is 15.9 Å². The minimum atomic E-state index is -3.57. The van der Waals surface area contributed by atoms with Gasteiger partial charge in [0, 0.05) is 24.2 Å². The number of piperidine rings is 1. The average Bonchev–Trinajstić information content (AvgIpc) is 2.63. The second kappa shape index (κ2) is 8.16. The second-order valence-electron chi connectivity index (χ2n) is 6.58. The van der Waals surface area contributed by atoms with Crippen LogP contribution in [-0.2, 0) is 19.6 Å². The highest BCUT2D eigenvalue weighted by atomic mass is 79.9. The Morgan fingerprint density at radius 2 is 1.96 bits per heavy atom. The zero-order valence-electron chi connectivity index (χ0n) is 14.0. The topological polar surface area (TPSA) is 75.7 Å². The Morgan fingerprint density at radius 1 is 1.20 bits per heavy atom. The Balaban J connectivity index is 1.65. The highest BCUT2D eigenvalue weighted by Gasteiger charge is 2.34. The standard InChI is InChI=1S/C17H23BrN2O4S/c18-14-5-7-16(8-6-14)25(22,23)20-9-1-3-13(11-20)17(21)19-15-4-2-10-24-12-15/h5-8,13,15H,1-4,9-12H2,(H,19,21). The normalized spacial score (nSPS) is 25.5. The lowest BCUT2D eigenvalue weighted by Crippen LogP contribution is -2.49. The van der Waals surface area contributed by atoms with Crippen LogP contribution in [0.25, 0.3) is 0 Å². The maximum Gasteiger partial charge on any atom is 0.243 e. The van der Waals surface area contributed by atoms with Gasteiger partial charge in [-0.15, -0.1) is 0 Å². The fourth-order valence-corrected chi connectivity index (χ4v) is 5.09. The summed E-state index contributed by atoms with van der Waals surface area (Å²) in [4.78, 5) is 12.8. The molecular weight excluding hydrogens is 408 g/mol. The van der Waals surface area contributed by atoms with Crippen LogP contribution in [0.1, 0.15) is 25.7 Å². The van der Waals surface area contributed by atoms with Crippen molar-refractivity contribution in [1.82, 2.24) is 9.62 Å². The number of carbonyl (C=O) groups is 1. The summed E-state index contributed by atoms with van der Waals surface area (Å²) >= 11 is 3.31. The predicted molar refractivity (Wildman–Crippen MR) is 97.6 cm³/mol. The maximum absolute atomic E-state index is 12.8. The smallest absolute Gasteiger partial charge is 0.243 e. The summed E-state index contributed by atoms with van der Waals surface area (Å²) in [6.45, 7) is 1.97. The lowest BCUT2D eigenvalue weighted by atomic mass is 9.98. The first kappa shape index (κ1) is 18.8. The van der Waals surface area contributed by atoms with Crippen molar-refractivity contribution in [3.8, 4) is 0 Å². The van der Waals surface area contributed by atoms with Crippen molar-refractivity contribution < 1.29 is 17.9 Å². The Hall–Kier alpha value is -0.960. The minimum absolute atomic E-state index is 0.0414. The van der Waals surface area contributed by atoms with Gasteiger partial charge in [-0.25, -0.2) is 8.42 Å². The molecule has 2 atom stereocenters. The first-order valence-electron chi connectivity index (χ1n) is 8.60. The van der Waals surface area contributed by atoms with Gasteiger partial charge in [0.1, 0.15) is 0 Å². The van der Waals surface area contributed by atoms with Crippen molar-refractivity contribution in [3.63, 3.8) is 0 Å². The molecule has 1 aromatic carbocycles. The molecule has 0 spiro atoms. The number of hydrogen-bond acceptors (Lipinski definition) is 4. The highest BCUT2D eigenvalue weighted by Crippen LogP contribution is 2.25. The number of rotatable bonds is 4. The Morgan fingerprint density at radius 3 is 2.64 bits per heavy atom. The summed E-state index contributed by atoms with van der Waals surface area (Å²) in [7, 11) is -3.57. The molecule has 2 saturated heterocycles. The van der Waals surface area contributed by atoms with Crippen molar-refractivity contribution in [2.24, 2.45) is 5.92 Å². The lowest BCUT2D eigenvalue weighted by molar-refractivity contribution is -0.127. The fraction of sp³-hybridized carbons (Fsp3) is 0.588. The molecule has 138 valence electrons. The molecule has 0 aliphatic carbocycles. The van der Waals surface area contributed by atoms with Gasteiger partial charge in [-0.05, 0) is 49.9 Å². The van der Waals surface area contributed by atoms with E-state index in [1.54, 1.807) is 24.3 Å². The van der Waals surface area contributed by atoms with Crippen molar-refractivity contribution in [1.29, 1.82) is 0 Å². The van der Waals surface area contributed by atoms with Gasteiger partial charge in [0.25, 0.3) is 0 Å². The monoisotopic (exact) mass is 430 g/mol. The van der Waals surface area contributed by atoms with Gasteiger partial charge in [0.15, 0.2) is 0 Å². The molecule has 1 aromatic rings. The number of ether oxygens (including phenoxy) is 1. The van der Waals surface area contributed by atoms with E-state index >= 15 is 0 Å². The lowest BCUT2D eigenvalue weighted by Gasteiger charge is -2.32. The van der Waals surface area contributed by atoms with Crippen molar-refractivity contribution in [2.75, 3.05) is 26.3 Å². The average molecular weight is 431 g/mol. The van der Waals surface area contributed by atoms with Gasteiger partial charge in [-0.3, -0.25) is 4.79 Å². The summed E-state index contributed by atoms with van der Waals surface area (Å²) < 4.78 is 33.3. The summed E-state index contributed by atoms with van der Waals surface area (Å²) in [5, 5.41) is 3.02. The molecule has 6 nitrogen and oxygen atoms in total. The van der Waals surface area contributed by atoms with E-state index in [9.17, 15) is 13.2 Å².